The molecule has 0 saturated heterocycles. The number of ether oxygens (including phenoxy) is 2. The van der Waals surface area contributed by atoms with Crippen molar-refractivity contribution >= 4 is 55.1 Å². The fourth-order valence-corrected chi connectivity index (χ4v) is 5.58. The van der Waals surface area contributed by atoms with Crippen molar-refractivity contribution in [1.29, 1.82) is 0 Å². The second kappa shape index (κ2) is 12.3. The van der Waals surface area contributed by atoms with Crippen LogP contribution in [0, 0.1) is 0 Å². The molecule has 0 aliphatic carbocycles. The second-order valence-electron chi connectivity index (χ2n) is 7.87. The maximum absolute atomic E-state index is 13.5. The molecule has 0 bridgehead atoms. The number of carbonyl (C=O) groups excluding carboxylic acids is 1. The van der Waals surface area contributed by atoms with E-state index in [1.54, 1.807) is 49.4 Å². The van der Waals surface area contributed by atoms with Crippen LogP contribution in [0.25, 0.3) is 0 Å². The lowest BCUT2D eigenvalue weighted by atomic mass is 10.1. The summed E-state index contributed by atoms with van der Waals surface area (Å²) in [6, 6.07) is 15.9. The summed E-state index contributed by atoms with van der Waals surface area (Å²) in [6.07, 6.45) is 0. The predicted molar refractivity (Wildman–Crippen MR) is 144 cm³/mol. The largest absolute Gasteiger partial charge is 0.493 e. The Kier molecular flexibility index (Phi) is 9.66. The summed E-state index contributed by atoms with van der Waals surface area (Å²) in [5.41, 5.74) is 1.28. The van der Waals surface area contributed by atoms with Gasteiger partial charge in [-0.15, -0.1) is 0 Å². The maximum Gasteiger partial charge on any atom is 0.243 e. The molecule has 36 heavy (non-hydrogen) atoms. The molecule has 0 heterocycles. The van der Waals surface area contributed by atoms with Crippen LogP contribution in [0.15, 0.2) is 70.0 Å². The molecule has 0 saturated carbocycles. The molecule has 3 rings (SSSR count). The van der Waals surface area contributed by atoms with Gasteiger partial charge in [-0.2, -0.15) is 4.31 Å². The van der Waals surface area contributed by atoms with Gasteiger partial charge >= 0.3 is 0 Å². The standard InChI is InChI=1S/C25H25BrCl2N2O5S/c1-16(17-5-11-23(34-2)24(12-17)35-3)29-25(31)15-30(14-18-4-8-20(27)13-22(18)28)36(32,33)21-9-6-19(26)7-10-21/h4-13,16H,14-15H2,1-3H3,(H,29,31)/t16-/m0/s1. The van der Waals surface area contributed by atoms with Crippen LogP contribution in [-0.4, -0.2) is 39.4 Å². The molecule has 0 spiro atoms. The van der Waals surface area contributed by atoms with Crippen LogP contribution in [0.5, 0.6) is 11.5 Å². The lowest BCUT2D eigenvalue weighted by Crippen LogP contribution is -2.41. The number of amides is 1. The van der Waals surface area contributed by atoms with Crippen LogP contribution < -0.4 is 14.8 Å². The van der Waals surface area contributed by atoms with Gasteiger partial charge < -0.3 is 14.8 Å². The summed E-state index contributed by atoms with van der Waals surface area (Å²) < 4.78 is 39.4. The first kappa shape index (κ1) is 28.3. The van der Waals surface area contributed by atoms with Gasteiger partial charge in [-0.1, -0.05) is 51.3 Å². The van der Waals surface area contributed by atoms with E-state index in [1.807, 2.05) is 0 Å². The molecule has 3 aromatic rings. The van der Waals surface area contributed by atoms with Crippen LogP contribution in [0.4, 0.5) is 0 Å². The Hall–Kier alpha value is -2.30. The van der Waals surface area contributed by atoms with Gasteiger partial charge in [-0.3, -0.25) is 4.79 Å². The van der Waals surface area contributed by atoms with Gasteiger partial charge in [0.05, 0.1) is 31.7 Å². The SMILES string of the molecule is COc1ccc([C@H](C)NC(=O)CN(Cc2ccc(Cl)cc2Cl)S(=O)(=O)c2ccc(Br)cc2)cc1OC. The summed E-state index contributed by atoms with van der Waals surface area (Å²) in [4.78, 5) is 13.1. The number of hydrogen-bond donors (Lipinski definition) is 1. The first-order chi connectivity index (χ1) is 17.0. The van der Waals surface area contributed by atoms with E-state index in [0.29, 0.717) is 27.1 Å². The van der Waals surface area contributed by atoms with Crippen LogP contribution in [0.3, 0.4) is 0 Å². The van der Waals surface area contributed by atoms with Crippen molar-refractivity contribution in [2.75, 3.05) is 20.8 Å². The Morgan fingerprint density at radius 1 is 1.00 bits per heavy atom. The number of hydrogen-bond acceptors (Lipinski definition) is 5. The minimum absolute atomic E-state index is 0.0523. The Morgan fingerprint density at radius 3 is 2.28 bits per heavy atom. The molecule has 0 aliphatic rings. The van der Waals surface area contributed by atoms with Gasteiger partial charge in [-0.25, -0.2) is 8.42 Å². The van der Waals surface area contributed by atoms with Crippen molar-refractivity contribution in [2.45, 2.75) is 24.4 Å². The summed E-state index contributed by atoms with van der Waals surface area (Å²) in [6.45, 7) is 1.25. The van der Waals surface area contributed by atoms with Crippen molar-refractivity contribution in [2.24, 2.45) is 0 Å². The monoisotopic (exact) mass is 614 g/mol. The van der Waals surface area contributed by atoms with Gasteiger partial charge in [-0.05, 0) is 66.6 Å². The van der Waals surface area contributed by atoms with Gasteiger partial charge in [0, 0.05) is 21.1 Å². The number of nitrogens with one attached hydrogen (secondary N) is 1. The van der Waals surface area contributed by atoms with Crippen LogP contribution in [0.2, 0.25) is 10.0 Å². The second-order valence-corrected chi connectivity index (χ2v) is 11.6. The highest BCUT2D eigenvalue weighted by Gasteiger charge is 2.28. The van der Waals surface area contributed by atoms with E-state index in [0.717, 1.165) is 14.3 Å². The molecule has 0 unspecified atom stereocenters. The molecule has 0 radical (unpaired) electrons. The fourth-order valence-electron chi connectivity index (χ4n) is 3.47. The highest BCUT2D eigenvalue weighted by molar-refractivity contribution is 9.10. The molecular weight excluding hydrogens is 591 g/mol. The van der Waals surface area contributed by atoms with Crippen LogP contribution in [0.1, 0.15) is 24.1 Å². The van der Waals surface area contributed by atoms with Crippen LogP contribution in [-0.2, 0) is 21.4 Å². The Bertz CT molecular complexity index is 1340. The quantitative estimate of drug-likeness (QED) is 0.310. The molecule has 7 nitrogen and oxygen atoms in total. The van der Waals surface area contributed by atoms with Gasteiger partial charge in [0.25, 0.3) is 0 Å². The number of rotatable bonds is 10. The van der Waals surface area contributed by atoms with E-state index >= 15 is 0 Å². The molecule has 1 amide bonds. The first-order valence-electron chi connectivity index (χ1n) is 10.8. The number of halogens is 3. The van der Waals surface area contributed by atoms with E-state index in [4.69, 9.17) is 32.7 Å². The number of methoxy groups -OCH3 is 2. The average Bonchev–Trinajstić information content (AvgIpc) is 2.84. The normalized spacial score (nSPS) is 12.3. The lowest BCUT2D eigenvalue weighted by Gasteiger charge is -2.24. The molecule has 0 aromatic heterocycles. The maximum atomic E-state index is 13.5. The van der Waals surface area contributed by atoms with E-state index < -0.39 is 28.5 Å². The van der Waals surface area contributed by atoms with E-state index in [-0.39, 0.29) is 11.4 Å². The third-order valence-electron chi connectivity index (χ3n) is 5.42. The third-order valence-corrected chi connectivity index (χ3v) is 8.34. The van der Waals surface area contributed by atoms with Crippen LogP contribution >= 0.6 is 39.1 Å². The summed E-state index contributed by atoms with van der Waals surface area (Å²) in [7, 11) is -0.971. The fraction of sp³-hybridized carbons (Fsp3) is 0.240. The first-order valence-corrected chi connectivity index (χ1v) is 13.7. The average molecular weight is 616 g/mol. The van der Waals surface area contributed by atoms with Crippen molar-refractivity contribution in [1.82, 2.24) is 9.62 Å². The van der Waals surface area contributed by atoms with Crippen molar-refractivity contribution in [3.05, 3.63) is 86.3 Å². The van der Waals surface area contributed by atoms with Crippen molar-refractivity contribution in [3.63, 3.8) is 0 Å². The zero-order valence-corrected chi connectivity index (χ0v) is 23.7. The topological polar surface area (TPSA) is 84.9 Å². The van der Waals surface area contributed by atoms with E-state index in [1.165, 1.54) is 32.4 Å². The summed E-state index contributed by atoms with van der Waals surface area (Å²) in [5.74, 6) is 0.599. The molecular formula is C25H25BrCl2N2O5S. The number of benzene rings is 3. The number of carbonyl (C=O) groups is 1. The summed E-state index contributed by atoms with van der Waals surface area (Å²) >= 11 is 15.6. The lowest BCUT2D eigenvalue weighted by molar-refractivity contribution is -0.122. The number of nitrogens with zero attached hydrogens (tertiary/aromatic N) is 1. The minimum atomic E-state index is -4.03. The van der Waals surface area contributed by atoms with E-state index in [9.17, 15) is 13.2 Å². The molecule has 3 aromatic carbocycles. The molecule has 192 valence electrons. The minimum Gasteiger partial charge on any atom is -0.493 e. The van der Waals surface area contributed by atoms with Gasteiger partial charge in [0.15, 0.2) is 11.5 Å². The van der Waals surface area contributed by atoms with Gasteiger partial charge in [0.2, 0.25) is 15.9 Å². The van der Waals surface area contributed by atoms with Crippen molar-refractivity contribution < 1.29 is 22.7 Å². The predicted octanol–water partition coefficient (Wildman–Crippen LogP) is 5.84. The zero-order chi connectivity index (χ0) is 26.5. The molecule has 0 aliphatic heterocycles. The van der Waals surface area contributed by atoms with Crippen molar-refractivity contribution in [3.8, 4) is 11.5 Å². The zero-order valence-electron chi connectivity index (χ0n) is 19.8. The molecule has 1 atom stereocenters. The highest BCUT2D eigenvalue weighted by atomic mass is 79.9. The summed E-state index contributed by atoms with van der Waals surface area (Å²) in [5, 5.41) is 3.58. The Labute approximate surface area is 229 Å². The van der Waals surface area contributed by atoms with E-state index in [2.05, 4.69) is 21.2 Å². The molecule has 1 N–H and O–H groups in total. The number of sulfonamides is 1. The molecule has 0 fully saturated rings. The highest BCUT2D eigenvalue weighted by Crippen LogP contribution is 2.30. The Morgan fingerprint density at radius 2 is 1.67 bits per heavy atom. The molecule has 11 heteroatoms. The smallest absolute Gasteiger partial charge is 0.243 e. The third kappa shape index (κ3) is 6.92. The Balaban J connectivity index is 1.86. The van der Waals surface area contributed by atoms with Gasteiger partial charge in [0.1, 0.15) is 0 Å².